The van der Waals surface area contributed by atoms with E-state index in [-0.39, 0.29) is 12.0 Å². The Morgan fingerprint density at radius 1 is 1.59 bits per heavy atom. The van der Waals surface area contributed by atoms with Gasteiger partial charge in [0.1, 0.15) is 10.8 Å². The van der Waals surface area contributed by atoms with E-state index in [2.05, 4.69) is 5.32 Å². The van der Waals surface area contributed by atoms with Crippen molar-refractivity contribution < 1.29 is 9.90 Å². The second-order valence-electron chi connectivity index (χ2n) is 4.43. The summed E-state index contributed by atoms with van der Waals surface area (Å²) >= 11 is 11.7. The summed E-state index contributed by atoms with van der Waals surface area (Å²) in [5.74, 6) is 0.183. The van der Waals surface area contributed by atoms with Crippen LogP contribution in [0, 0.1) is 5.92 Å². The Hall–Kier alpha value is -0.710. The van der Waals surface area contributed by atoms with Crippen LogP contribution in [0.5, 0.6) is 0 Å². The zero-order valence-electron chi connectivity index (χ0n) is 9.41. The fraction of sp³-hybridized carbons (Fsp3) is 0.545. The first-order chi connectivity index (χ1) is 7.99. The maximum atomic E-state index is 11.8. The zero-order valence-corrected chi connectivity index (χ0v) is 10.9. The summed E-state index contributed by atoms with van der Waals surface area (Å²) in [6, 6.07) is 1.55. The molecule has 4 nitrogen and oxygen atoms in total. The number of nitrogens with zero attached hydrogens (tertiary/aromatic N) is 1. The SMILES string of the molecule is Cn1c(C(=O)NCC2CC(O)C2)cc(Cl)c1Cl. The van der Waals surface area contributed by atoms with Gasteiger partial charge in [-0.05, 0) is 24.8 Å². The molecule has 1 aromatic rings. The minimum absolute atomic E-state index is 0.192. The van der Waals surface area contributed by atoms with Gasteiger partial charge in [-0.3, -0.25) is 4.79 Å². The largest absolute Gasteiger partial charge is 0.393 e. The van der Waals surface area contributed by atoms with Crippen LogP contribution in [-0.4, -0.2) is 28.2 Å². The maximum absolute atomic E-state index is 11.8. The highest BCUT2D eigenvalue weighted by Gasteiger charge is 2.27. The van der Waals surface area contributed by atoms with E-state index in [1.54, 1.807) is 17.7 Å². The molecular weight excluding hydrogens is 263 g/mol. The number of hydrogen-bond acceptors (Lipinski definition) is 2. The fourth-order valence-corrected chi connectivity index (χ4v) is 2.33. The first kappa shape index (κ1) is 12.7. The standard InChI is InChI=1S/C11H14Cl2N2O2/c1-15-9(4-8(12)10(15)13)11(17)14-5-6-2-7(16)3-6/h4,6-7,16H,2-3,5H2,1H3,(H,14,17). The molecule has 94 valence electrons. The van der Waals surface area contributed by atoms with Crippen LogP contribution < -0.4 is 5.32 Å². The average molecular weight is 277 g/mol. The van der Waals surface area contributed by atoms with Crippen LogP contribution in [0.1, 0.15) is 23.3 Å². The summed E-state index contributed by atoms with van der Waals surface area (Å²) in [5.41, 5.74) is 0.444. The van der Waals surface area contributed by atoms with Gasteiger partial charge in [0.2, 0.25) is 0 Å². The molecule has 0 saturated heterocycles. The Bertz CT molecular complexity index is 439. The highest BCUT2D eigenvalue weighted by Crippen LogP contribution is 2.27. The van der Waals surface area contributed by atoms with Crippen molar-refractivity contribution in [2.24, 2.45) is 13.0 Å². The van der Waals surface area contributed by atoms with Gasteiger partial charge in [-0.15, -0.1) is 0 Å². The maximum Gasteiger partial charge on any atom is 0.268 e. The minimum atomic E-state index is -0.198. The molecule has 1 amide bonds. The van der Waals surface area contributed by atoms with E-state index in [9.17, 15) is 4.79 Å². The topological polar surface area (TPSA) is 54.3 Å². The molecule has 1 aliphatic rings. The second kappa shape index (κ2) is 4.88. The summed E-state index contributed by atoms with van der Waals surface area (Å²) in [7, 11) is 1.69. The summed E-state index contributed by atoms with van der Waals surface area (Å²) in [5, 5.41) is 12.7. The second-order valence-corrected chi connectivity index (χ2v) is 5.19. The minimum Gasteiger partial charge on any atom is -0.393 e. The predicted molar refractivity (Wildman–Crippen MR) is 66.5 cm³/mol. The van der Waals surface area contributed by atoms with Gasteiger partial charge in [0.05, 0.1) is 11.1 Å². The molecule has 1 aliphatic carbocycles. The lowest BCUT2D eigenvalue weighted by Crippen LogP contribution is -2.38. The van der Waals surface area contributed by atoms with Gasteiger partial charge in [0.15, 0.2) is 0 Å². The Balaban J connectivity index is 1.93. The van der Waals surface area contributed by atoms with Gasteiger partial charge >= 0.3 is 0 Å². The highest BCUT2D eigenvalue weighted by molar-refractivity contribution is 6.41. The van der Waals surface area contributed by atoms with Crippen LogP contribution in [0.2, 0.25) is 10.2 Å². The summed E-state index contributed by atoms with van der Waals surface area (Å²) < 4.78 is 1.55. The van der Waals surface area contributed by atoms with Crippen molar-refractivity contribution in [2.75, 3.05) is 6.54 Å². The number of amides is 1. The lowest BCUT2D eigenvalue weighted by Gasteiger charge is -2.31. The number of rotatable bonds is 3. The first-order valence-corrected chi connectivity index (χ1v) is 6.21. The predicted octanol–water partition coefficient (Wildman–Crippen LogP) is 1.83. The van der Waals surface area contributed by atoms with Crippen molar-refractivity contribution in [1.82, 2.24) is 9.88 Å². The normalized spacial score (nSPS) is 23.3. The molecule has 6 heteroatoms. The van der Waals surface area contributed by atoms with E-state index >= 15 is 0 Å². The van der Waals surface area contributed by atoms with Crippen LogP contribution in [-0.2, 0) is 7.05 Å². The van der Waals surface area contributed by atoms with Gasteiger partial charge < -0.3 is 15.0 Å². The lowest BCUT2D eigenvalue weighted by molar-refractivity contribution is 0.0419. The summed E-state index contributed by atoms with van der Waals surface area (Å²) in [4.78, 5) is 11.8. The molecular formula is C11H14Cl2N2O2. The number of carbonyl (C=O) groups is 1. The molecule has 0 unspecified atom stereocenters. The smallest absolute Gasteiger partial charge is 0.268 e. The van der Waals surface area contributed by atoms with Crippen LogP contribution in [0.4, 0.5) is 0 Å². The number of carbonyl (C=O) groups excluding carboxylic acids is 1. The van der Waals surface area contributed by atoms with Crippen LogP contribution >= 0.6 is 23.2 Å². The molecule has 1 aromatic heterocycles. The number of halogens is 2. The molecule has 0 atom stereocenters. The molecule has 2 rings (SSSR count). The van der Waals surface area contributed by atoms with E-state index in [0.29, 0.717) is 28.3 Å². The van der Waals surface area contributed by atoms with Crippen molar-refractivity contribution in [3.05, 3.63) is 21.9 Å². The van der Waals surface area contributed by atoms with E-state index in [1.807, 2.05) is 0 Å². The summed E-state index contributed by atoms with van der Waals surface area (Å²) in [6.07, 6.45) is 1.32. The number of aliphatic hydroxyl groups excluding tert-OH is 1. The quantitative estimate of drug-likeness (QED) is 0.885. The Morgan fingerprint density at radius 2 is 2.24 bits per heavy atom. The molecule has 2 N–H and O–H groups in total. The zero-order chi connectivity index (χ0) is 12.6. The van der Waals surface area contributed by atoms with Gasteiger partial charge in [0, 0.05) is 13.6 Å². The Kier molecular flexibility index (Phi) is 3.66. The van der Waals surface area contributed by atoms with E-state index in [1.165, 1.54) is 0 Å². The van der Waals surface area contributed by atoms with Crippen LogP contribution in [0.25, 0.3) is 0 Å². The average Bonchev–Trinajstić information content (AvgIpc) is 2.50. The molecule has 1 fully saturated rings. The number of aromatic nitrogens is 1. The number of aliphatic hydroxyl groups is 1. The number of hydrogen-bond donors (Lipinski definition) is 2. The van der Waals surface area contributed by atoms with Gasteiger partial charge in [-0.1, -0.05) is 23.2 Å². The van der Waals surface area contributed by atoms with Crippen molar-refractivity contribution >= 4 is 29.1 Å². The third-order valence-electron chi connectivity index (χ3n) is 3.11. The van der Waals surface area contributed by atoms with Crippen molar-refractivity contribution in [3.8, 4) is 0 Å². The van der Waals surface area contributed by atoms with Crippen molar-refractivity contribution in [3.63, 3.8) is 0 Å². The van der Waals surface area contributed by atoms with E-state index < -0.39 is 0 Å². The molecule has 0 aromatic carbocycles. The van der Waals surface area contributed by atoms with Gasteiger partial charge in [-0.25, -0.2) is 0 Å². The van der Waals surface area contributed by atoms with Crippen molar-refractivity contribution in [2.45, 2.75) is 18.9 Å². The molecule has 0 radical (unpaired) electrons. The Morgan fingerprint density at radius 3 is 2.71 bits per heavy atom. The Labute approximate surface area is 110 Å². The van der Waals surface area contributed by atoms with Gasteiger partial charge in [-0.2, -0.15) is 0 Å². The third-order valence-corrected chi connectivity index (χ3v) is 3.95. The molecule has 17 heavy (non-hydrogen) atoms. The van der Waals surface area contributed by atoms with Crippen LogP contribution in [0.15, 0.2) is 6.07 Å². The van der Waals surface area contributed by atoms with Crippen molar-refractivity contribution in [1.29, 1.82) is 0 Å². The molecule has 0 aliphatic heterocycles. The third kappa shape index (κ3) is 2.59. The lowest BCUT2D eigenvalue weighted by atomic mass is 9.82. The highest BCUT2D eigenvalue weighted by atomic mass is 35.5. The molecule has 0 spiro atoms. The van der Waals surface area contributed by atoms with Gasteiger partial charge in [0.25, 0.3) is 5.91 Å². The van der Waals surface area contributed by atoms with E-state index in [4.69, 9.17) is 28.3 Å². The monoisotopic (exact) mass is 276 g/mol. The summed E-state index contributed by atoms with van der Waals surface area (Å²) in [6.45, 7) is 0.580. The molecule has 1 heterocycles. The molecule has 0 bridgehead atoms. The fourth-order valence-electron chi connectivity index (χ4n) is 1.96. The number of nitrogens with one attached hydrogen (secondary N) is 1. The molecule has 1 saturated carbocycles. The van der Waals surface area contributed by atoms with Crippen LogP contribution in [0.3, 0.4) is 0 Å². The van der Waals surface area contributed by atoms with E-state index in [0.717, 1.165) is 12.8 Å². The first-order valence-electron chi connectivity index (χ1n) is 5.46.